The number of nitrogens with zero attached hydrogens (tertiary/aromatic N) is 1. The third-order valence-electron chi connectivity index (χ3n) is 2.61. The van der Waals surface area contributed by atoms with E-state index < -0.39 is 15.1 Å². The molecular formula is C11H15N3O2S. The maximum atomic E-state index is 11.8. The summed E-state index contributed by atoms with van der Waals surface area (Å²) in [7, 11) is -3.13. The Balaban J connectivity index is 2.38. The molecule has 1 aromatic heterocycles. The van der Waals surface area contributed by atoms with Crippen LogP contribution in [0.2, 0.25) is 0 Å². The summed E-state index contributed by atoms with van der Waals surface area (Å²) in [5, 5.41) is -0.402. The number of imidazole rings is 1. The number of hydrogen-bond acceptors (Lipinski definition) is 4. The molecule has 1 aromatic carbocycles. The van der Waals surface area contributed by atoms with Crippen LogP contribution < -0.4 is 5.73 Å². The van der Waals surface area contributed by atoms with Gasteiger partial charge in [-0.1, -0.05) is 0 Å². The standard InChI is InChI=1S/C11H15N3O2S/c1-7(2)17(15,16)6-11-13-9-4-3-8(12)5-10(9)14-11/h3-5,7H,6,12H2,1-2H3,(H,13,14). The molecule has 0 bridgehead atoms. The van der Waals surface area contributed by atoms with Gasteiger partial charge < -0.3 is 10.7 Å². The van der Waals surface area contributed by atoms with E-state index in [4.69, 9.17) is 5.73 Å². The van der Waals surface area contributed by atoms with Crippen LogP contribution in [0.5, 0.6) is 0 Å². The lowest BCUT2D eigenvalue weighted by molar-refractivity contribution is 0.585. The number of nitrogens with two attached hydrogens (primary N) is 1. The molecule has 2 aromatic rings. The largest absolute Gasteiger partial charge is 0.399 e. The van der Waals surface area contributed by atoms with Gasteiger partial charge in [0.2, 0.25) is 0 Å². The number of aromatic amines is 1. The first kappa shape index (κ1) is 11.9. The predicted octanol–water partition coefficient (Wildman–Crippen LogP) is 1.47. The van der Waals surface area contributed by atoms with Gasteiger partial charge in [0.15, 0.2) is 9.84 Å². The Kier molecular flexibility index (Phi) is 2.82. The van der Waals surface area contributed by atoms with Crippen LogP contribution in [-0.2, 0) is 15.6 Å². The summed E-state index contributed by atoms with van der Waals surface area (Å²) in [6.07, 6.45) is 0. The second-order valence-corrected chi connectivity index (χ2v) is 6.87. The first-order valence-corrected chi connectivity index (χ1v) is 7.06. The molecule has 0 fully saturated rings. The molecule has 6 heteroatoms. The number of fused-ring (bicyclic) bond motifs is 1. The predicted molar refractivity (Wildman–Crippen MR) is 68.3 cm³/mol. The number of aromatic nitrogens is 2. The van der Waals surface area contributed by atoms with Gasteiger partial charge in [0.25, 0.3) is 0 Å². The van der Waals surface area contributed by atoms with Crippen molar-refractivity contribution in [2.75, 3.05) is 5.73 Å². The fourth-order valence-corrected chi connectivity index (χ4v) is 2.36. The van der Waals surface area contributed by atoms with Crippen LogP contribution in [0.4, 0.5) is 5.69 Å². The average molecular weight is 253 g/mol. The Morgan fingerprint density at radius 1 is 1.41 bits per heavy atom. The van der Waals surface area contributed by atoms with Crippen molar-refractivity contribution in [2.24, 2.45) is 0 Å². The SMILES string of the molecule is CC(C)S(=O)(=O)Cc1nc2ccc(N)cc2[nH]1. The number of H-pyrrole nitrogens is 1. The van der Waals surface area contributed by atoms with E-state index in [1.54, 1.807) is 32.0 Å². The highest BCUT2D eigenvalue weighted by Crippen LogP contribution is 2.17. The van der Waals surface area contributed by atoms with E-state index in [-0.39, 0.29) is 5.75 Å². The Morgan fingerprint density at radius 3 is 2.76 bits per heavy atom. The summed E-state index contributed by atoms with van der Waals surface area (Å²) < 4.78 is 23.5. The molecule has 3 N–H and O–H groups in total. The average Bonchev–Trinajstić information content (AvgIpc) is 2.57. The summed E-state index contributed by atoms with van der Waals surface area (Å²) in [5.74, 6) is 0.387. The van der Waals surface area contributed by atoms with Crippen LogP contribution in [0, 0.1) is 0 Å². The molecular weight excluding hydrogens is 238 g/mol. The van der Waals surface area contributed by atoms with Crippen LogP contribution in [0.1, 0.15) is 19.7 Å². The molecule has 0 aliphatic rings. The van der Waals surface area contributed by atoms with Crippen LogP contribution in [0.3, 0.4) is 0 Å². The minimum atomic E-state index is -3.13. The van der Waals surface area contributed by atoms with Crippen LogP contribution in [0.15, 0.2) is 18.2 Å². The maximum Gasteiger partial charge on any atom is 0.159 e. The van der Waals surface area contributed by atoms with Gasteiger partial charge in [-0.15, -0.1) is 0 Å². The number of anilines is 1. The van der Waals surface area contributed by atoms with Gasteiger partial charge in [-0.05, 0) is 32.0 Å². The molecule has 0 saturated heterocycles. The zero-order valence-electron chi connectivity index (χ0n) is 9.77. The summed E-state index contributed by atoms with van der Waals surface area (Å²) in [5.41, 5.74) is 7.76. The van der Waals surface area contributed by atoms with Gasteiger partial charge in [0.1, 0.15) is 11.6 Å². The van der Waals surface area contributed by atoms with Crippen LogP contribution in [0.25, 0.3) is 11.0 Å². The van der Waals surface area contributed by atoms with E-state index in [1.165, 1.54) is 0 Å². The molecule has 92 valence electrons. The summed E-state index contributed by atoms with van der Waals surface area (Å²) >= 11 is 0. The van der Waals surface area contributed by atoms with E-state index in [0.717, 1.165) is 11.0 Å². The Morgan fingerprint density at radius 2 is 2.12 bits per heavy atom. The van der Waals surface area contributed by atoms with Gasteiger partial charge in [-0.2, -0.15) is 0 Å². The lowest BCUT2D eigenvalue weighted by Crippen LogP contribution is -2.16. The Bertz CT molecular complexity index is 644. The minimum absolute atomic E-state index is 0.0702. The van der Waals surface area contributed by atoms with E-state index >= 15 is 0 Å². The highest BCUT2D eigenvalue weighted by Gasteiger charge is 2.18. The number of benzene rings is 1. The van der Waals surface area contributed by atoms with Crippen molar-refractivity contribution in [3.05, 3.63) is 24.0 Å². The molecule has 0 aliphatic carbocycles. The number of sulfone groups is 1. The molecule has 2 rings (SSSR count). The minimum Gasteiger partial charge on any atom is -0.399 e. The maximum absolute atomic E-state index is 11.8. The van der Waals surface area contributed by atoms with Crippen molar-refractivity contribution >= 4 is 26.6 Å². The third kappa shape index (κ3) is 2.41. The van der Waals surface area contributed by atoms with E-state index in [0.29, 0.717) is 11.5 Å². The second kappa shape index (κ2) is 4.03. The highest BCUT2D eigenvalue weighted by molar-refractivity contribution is 7.91. The monoisotopic (exact) mass is 253 g/mol. The quantitative estimate of drug-likeness (QED) is 0.811. The number of hydrogen-bond donors (Lipinski definition) is 2. The smallest absolute Gasteiger partial charge is 0.159 e. The molecule has 0 radical (unpaired) electrons. The summed E-state index contributed by atoms with van der Waals surface area (Å²) in [6, 6.07) is 5.25. The molecule has 1 heterocycles. The lowest BCUT2D eigenvalue weighted by Gasteiger charge is -2.04. The lowest BCUT2D eigenvalue weighted by atomic mass is 10.3. The first-order valence-electron chi connectivity index (χ1n) is 5.34. The van der Waals surface area contributed by atoms with E-state index in [2.05, 4.69) is 9.97 Å². The molecule has 0 unspecified atom stereocenters. The number of nitrogens with one attached hydrogen (secondary N) is 1. The van der Waals surface area contributed by atoms with Crippen molar-refractivity contribution in [3.63, 3.8) is 0 Å². The van der Waals surface area contributed by atoms with E-state index in [1.807, 2.05) is 0 Å². The van der Waals surface area contributed by atoms with Gasteiger partial charge in [0, 0.05) is 5.69 Å². The van der Waals surface area contributed by atoms with Crippen molar-refractivity contribution in [1.82, 2.24) is 9.97 Å². The Labute approximate surface area is 100.0 Å². The Hall–Kier alpha value is -1.56. The molecule has 5 nitrogen and oxygen atoms in total. The summed E-state index contributed by atoms with van der Waals surface area (Å²) in [6.45, 7) is 3.33. The topological polar surface area (TPSA) is 88.8 Å². The van der Waals surface area contributed by atoms with Crippen molar-refractivity contribution in [2.45, 2.75) is 24.9 Å². The van der Waals surface area contributed by atoms with Crippen molar-refractivity contribution < 1.29 is 8.42 Å². The molecule has 0 aliphatic heterocycles. The van der Waals surface area contributed by atoms with Gasteiger partial charge >= 0.3 is 0 Å². The van der Waals surface area contributed by atoms with Crippen molar-refractivity contribution in [1.29, 1.82) is 0 Å². The zero-order valence-corrected chi connectivity index (χ0v) is 10.6. The van der Waals surface area contributed by atoms with Crippen LogP contribution >= 0.6 is 0 Å². The fraction of sp³-hybridized carbons (Fsp3) is 0.364. The highest BCUT2D eigenvalue weighted by atomic mass is 32.2. The van der Waals surface area contributed by atoms with Gasteiger partial charge in [-0.3, -0.25) is 0 Å². The molecule has 0 spiro atoms. The van der Waals surface area contributed by atoms with Crippen LogP contribution in [-0.4, -0.2) is 23.6 Å². The third-order valence-corrected chi connectivity index (χ3v) is 4.72. The van der Waals surface area contributed by atoms with Gasteiger partial charge in [-0.25, -0.2) is 13.4 Å². The normalized spacial score (nSPS) is 12.4. The van der Waals surface area contributed by atoms with E-state index in [9.17, 15) is 8.42 Å². The fourth-order valence-electron chi connectivity index (χ4n) is 1.51. The molecule has 0 atom stereocenters. The van der Waals surface area contributed by atoms with Gasteiger partial charge in [0.05, 0.1) is 16.3 Å². The number of rotatable bonds is 3. The molecule has 17 heavy (non-hydrogen) atoms. The summed E-state index contributed by atoms with van der Waals surface area (Å²) in [4.78, 5) is 7.21. The first-order chi connectivity index (χ1) is 7.88. The molecule has 0 amide bonds. The second-order valence-electron chi connectivity index (χ2n) is 4.32. The zero-order chi connectivity index (χ0) is 12.6. The number of nitrogen functional groups attached to an aromatic ring is 1. The van der Waals surface area contributed by atoms with Crippen molar-refractivity contribution in [3.8, 4) is 0 Å². The molecule has 0 saturated carbocycles.